The highest BCUT2D eigenvalue weighted by Crippen LogP contribution is 2.40. The van der Waals surface area contributed by atoms with Crippen molar-refractivity contribution < 1.29 is 0 Å². The predicted molar refractivity (Wildman–Crippen MR) is 136 cm³/mol. The van der Waals surface area contributed by atoms with Gasteiger partial charge >= 0.3 is 0 Å². The molecule has 0 aliphatic heterocycles. The minimum atomic E-state index is 0.514. The summed E-state index contributed by atoms with van der Waals surface area (Å²) in [5, 5.41) is 5.62. The van der Waals surface area contributed by atoms with E-state index in [1.165, 1.54) is 12.8 Å². The van der Waals surface area contributed by atoms with Gasteiger partial charge in [-0.3, -0.25) is 4.98 Å². The lowest BCUT2D eigenvalue weighted by molar-refractivity contribution is 0.159. The van der Waals surface area contributed by atoms with Gasteiger partial charge in [-0.25, -0.2) is 15.0 Å². The van der Waals surface area contributed by atoms with Crippen LogP contribution in [0.5, 0.6) is 0 Å². The molecule has 0 atom stereocenters. The van der Waals surface area contributed by atoms with Crippen LogP contribution in [0, 0.1) is 5.92 Å². The summed E-state index contributed by atoms with van der Waals surface area (Å²) in [6.45, 7) is 1.15. The Hall–Kier alpha value is -3.84. The largest absolute Gasteiger partial charge is 0.340 e. The molecule has 0 bridgehead atoms. The topological polar surface area (TPSA) is 71.8 Å². The van der Waals surface area contributed by atoms with Crippen molar-refractivity contribution in [3.8, 4) is 11.4 Å². The van der Waals surface area contributed by atoms with Crippen LogP contribution in [0.3, 0.4) is 0 Å². The van der Waals surface area contributed by atoms with Crippen LogP contribution >= 0.6 is 0 Å². The van der Waals surface area contributed by atoms with Crippen LogP contribution in [-0.4, -0.2) is 50.0 Å². The second kappa shape index (κ2) is 8.50. The Kier molecular flexibility index (Phi) is 5.19. The van der Waals surface area contributed by atoms with Crippen molar-refractivity contribution in [3.63, 3.8) is 0 Å². The zero-order chi connectivity index (χ0) is 23.1. The molecule has 1 fully saturated rings. The Bertz CT molecular complexity index is 1450. The van der Waals surface area contributed by atoms with E-state index in [1.807, 2.05) is 24.3 Å². The smallest absolute Gasteiger partial charge is 0.145 e. The Morgan fingerprint density at radius 1 is 0.971 bits per heavy atom. The number of hydrogen-bond acceptors (Lipinski definition) is 6. The van der Waals surface area contributed by atoms with Gasteiger partial charge in [0.05, 0.1) is 22.3 Å². The molecule has 1 saturated carbocycles. The normalized spacial score (nSPS) is 17.9. The van der Waals surface area contributed by atoms with E-state index in [0.717, 1.165) is 57.3 Å². The van der Waals surface area contributed by atoms with E-state index in [1.54, 1.807) is 12.5 Å². The van der Waals surface area contributed by atoms with E-state index in [4.69, 9.17) is 4.98 Å². The third-order valence-electron chi connectivity index (χ3n) is 6.62. The fourth-order valence-electron chi connectivity index (χ4n) is 4.95. The van der Waals surface area contributed by atoms with Crippen molar-refractivity contribution in [1.29, 1.82) is 0 Å². The number of fused-ring (bicyclic) bond motifs is 2. The maximum absolute atomic E-state index is 4.84. The summed E-state index contributed by atoms with van der Waals surface area (Å²) in [5.74, 6) is 1.58. The molecule has 4 heterocycles. The van der Waals surface area contributed by atoms with Crippen LogP contribution in [0.4, 0.5) is 11.5 Å². The van der Waals surface area contributed by atoms with Crippen molar-refractivity contribution >= 4 is 33.4 Å². The molecular formula is C27H27N7. The number of nitrogens with zero attached hydrogens (tertiary/aromatic N) is 6. The standard InChI is InChI=1S/C27H27N7/c1-33(2)16-18-13-21(14-18)34-12-10-22-26(29-17-30-27(22)34)31-20-8-6-19-7-9-24(32-25(19)15-20)23-5-3-4-11-28-23/h3-12,15,17-18,21H,13-14,16H2,1-2H3,(H,29,30,31). The van der Waals surface area contributed by atoms with E-state index in [-0.39, 0.29) is 0 Å². The Labute approximate surface area is 198 Å². The van der Waals surface area contributed by atoms with Crippen molar-refractivity contribution in [2.45, 2.75) is 18.9 Å². The maximum atomic E-state index is 4.84. The van der Waals surface area contributed by atoms with Crippen molar-refractivity contribution in [3.05, 3.63) is 73.3 Å². The van der Waals surface area contributed by atoms with E-state index in [2.05, 4.69) is 80.4 Å². The fraction of sp³-hybridized carbons (Fsp3) is 0.259. The van der Waals surface area contributed by atoms with E-state index in [9.17, 15) is 0 Å². The zero-order valence-corrected chi connectivity index (χ0v) is 19.4. The van der Waals surface area contributed by atoms with E-state index in [0.29, 0.717) is 6.04 Å². The molecule has 0 unspecified atom stereocenters. The highest BCUT2D eigenvalue weighted by molar-refractivity contribution is 5.91. The summed E-state index contributed by atoms with van der Waals surface area (Å²) in [6, 6.07) is 18.8. The number of aromatic nitrogens is 5. The van der Waals surface area contributed by atoms with Gasteiger partial charge in [0.15, 0.2) is 0 Å². The average Bonchev–Trinajstić information content (AvgIpc) is 3.26. The molecule has 170 valence electrons. The highest BCUT2D eigenvalue weighted by Gasteiger charge is 2.31. The second-order valence-corrected chi connectivity index (χ2v) is 9.38. The SMILES string of the molecule is CN(C)CC1CC(n2ccc3c(Nc4ccc5ccc(-c6ccccn6)nc5c4)ncnc32)C1. The third kappa shape index (κ3) is 3.88. The summed E-state index contributed by atoms with van der Waals surface area (Å²) >= 11 is 0. The lowest BCUT2D eigenvalue weighted by Crippen LogP contribution is -2.33. The Balaban J connectivity index is 1.27. The molecule has 1 aliphatic carbocycles. The number of anilines is 2. The summed E-state index contributed by atoms with van der Waals surface area (Å²) in [7, 11) is 4.29. The Morgan fingerprint density at radius 3 is 2.68 bits per heavy atom. The number of hydrogen-bond donors (Lipinski definition) is 1. The molecule has 0 amide bonds. The van der Waals surface area contributed by atoms with Crippen molar-refractivity contribution in [1.82, 2.24) is 29.4 Å². The van der Waals surface area contributed by atoms with Gasteiger partial charge in [0.2, 0.25) is 0 Å². The molecule has 1 aromatic carbocycles. The molecule has 1 N–H and O–H groups in total. The van der Waals surface area contributed by atoms with Gasteiger partial charge < -0.3 is 14.8 Å². The van der Waals surface area contributed by atoms with Crippen LogP contribution in [-0.2, 0) is 0 Å². The molecule has 1 aliphatic rings. The minimum Gasteiger partial charge on any atom is -0.340 e. The van der Waals surface area contributed by atoms with Gasteiger partial charge in [0, 0.05) is 36.1 Å². The summed E-state index contributed by atoms with van der Waals surface area (Å²) < 4.78 is 2.31. The molecule has 7 nitrogen and oxygen atoms in total. The van der Waals surface area contributed by atoms with Gasteiger partial charge in [-0.2, -0.15) is 0 Å². The lowest BCUT2D eigenvalue weighted by Gasteiger charge is -2.38. The van der Waals surface area contributed by atoms with Gasteiger partial charge in [-0.1, -0.05) is 18.2 Å². The fourth-order valence-corrected chi connectivity index (χ4v) is 4.95. The van der Waals surface area contributed by atoms with Crippen LogP contribution in [0.1, 0.15) is 18.9 Å². The quantitative estimate of drug-likeness (QED) is 0.379. The minimum absolute atomic E-state index is 0.514. The first-order chi connectivity index (χ1) is 16.6. The number of rotatable bonds is 6. The number of nitrogens with one attached hydrogen (secondary N) is 1. The number of pyridine rings is 2. The third-order valence-corrected chi connectivity index (χ3v) is 6.62. The van der Waals surface area contributed by atoms with Gasteiger partial charge in [-0.05, 0) is 69.3 Å². The first-order valence-electron chi connectivity index (χ1n) is 11.7. The van der Waals surface area contributed by atoms with Gasteiger partial charge in [0.25, 0.3) is 0 Å². The van der Waals surface area contributed by atoms with Crippen LogP contribution in [0.2, 0.25) is 0 Å². The van der Waals surface area contributed by atoms with Crippen LogP contribution in [0.15, 0.2) is 73.3 Å². The molecule has 6 rings (SSSR count). The van der Waals surface area contributed by atoms with Crippen LogP contribution in [0.25, 0.3) is 33.3 Å². The molecule has 5 aromatic rings. The molecule has 0 radical (unpaired) electrons. The van der Waals surface area contributed by atoms with Gasteiger partial charge in [0.1, 0.15) is 17.8 Å². The summed E-state index contributed by atoms with van der Waals surface area (Å²) in [5.41, 5.74) is 4.57. The summed E-state index contributed by atoms with van der Waals surface area (Å²) in [4.78, 5) is 20.7. The van der Waals surface area contributed by atoms with Crippen molar-refractivity contribution in [2.75, 3.05) is 26.0 Å². The zero-order valence-electron chi connectivity index (χ0n) is 19.4. The molecule has 34 heavy (non-hydrogen) atoms. The Morgan fingerprint density at radius 2 is 1.85 bits per heavy atom. The van der Waals surface area contributed by atoms with Crippen molar-refractivity contribution in [2.24, 2.45) is 5.92 Å². The predicted octanol–water partition coefficient (Wildman–Crippen LogP) is 5.30. The molecular weight excluding hydrogens is 422 g/mol. The first-order valence-corrected chi connectivity index (χ1v) is 11.7. The number of benzene rings is 1. The first kappa shape index (κ1) is 20.7. The lowest BCUT2D eigenvalue weighted by atomic mass is 9.80. The maximum Gasteiger partial charge on any atom is 0.145 e. The molecule has 7 heteroatoms. The monoisotopic (exact) mass is 449 g/mol. The van der Waals surface area contributed by atoms with E-state index >= 15 is 0 Å². The van der Waals surface area contributed by atoms with E-state index < -0.39 is 0 Å². The summed E-state index contributed by atoms with van der Waals surface area (Å²) in [6.07, 6.45) is 7.99. The highest BCUT2D eigenvalue weighted by atomic mass is 15.1. The molecule has 4 aromatic heterocycles. The second-order valence-electron chi connectivity index (χ2n) is 9.38. The average molecular weight is 450 g/mol. The van der Waals surface area contributed by atoms with Crippen LogP contribution < -0.4 is 5.32 Å². The molecule has 0 spiro atoms. The molecule has 0 saturated heterocycles. The van der Waals surface area contributed by atoms with Gasteiger partial charge in [-0.15, -0.1) is 0 Å².